The average Bonchev–Trinajstić information content (AvgIpc) is 2.80. The predicted octanol–water partition coefficient (Wildman–Crippen LogP) is 1.70. The number of hydrogen-bond acceptors (Lipinski definition) is 4. The highest BCUT2D eigenvalue weighted by Gasteiger charge is 2.42. The van der Waals surface area contributed by atoms with E-state index < -0.39 is 0 Å². The number of hydrogen-bond donors (Lipinski definition) is 1. The molecule has 1 N–H and O–H groups in total. The molecule has 2 amide bonds. The molecule has 5 heteroatoms. The molecule has 2 aliphatic rings. The number of amides is 2. The summed E-state index contributed by atoms with van der Waals surface area (Å²) in [5.41, 5.74) is 1.07. The highest BCUT2D eigenvalue weighted by atomic mass is 16.2. The molecule has 22 heavy (non-hydrogen) atoms. The Morgan fingerprint density at radius 2 is 1.82 bits per heavy atom. The lowest BCUT2D eigenvalue weighted by atomic mass is 10.1. The summed E-state index contributed by atoms with van der Waals surface area (Å²) < 4.78 is 0. The van der Waals surface area contributed by atoms with Crippen LogP contribution >= 0.6 is 0 Å². The summed E-state index contributed by atoms with van der Waals surface area (Å²) in [4.78, 5) is 29.0. The number of nitrogens with one attached hydrogen (secondary N) is 1. The zero-order valence-corrected chi connectivity index (χ0v) is 13.0. The Morgan fingerprint density at radius 1 is 1.14 bits per heavy atom. The second-order valence-electron chi connectivity index (χ2n) is 5.95. The maximum atomic E-state index is 12.6. The van der Waals surface area contributed by atoms with Crippen LogP contribution in [0.1, 0.15) is 46.9 Å². The van der Waals surface area contributed by atoms with E-state index in [1.807, 2.05) is 12.1 Å². The maximum absolute atomic E-state index is 12.6. The van der Waals surface area contributed by atoms with Gasteiger partial charge in [-0.2, -0.15) is 0 Å². The molecular formula is C17H23N3O2. The van der Waals surface area contributed by atoms with E-state index in [0.29, 0.717) is 17.7 Å². The van der Waals surface area contributed by atoms with Gasteiger partial charge >= 0.3 is 0 Å². The van der Waals surface area contributed by atoms with Crippen molar-refractivity contribution in [2.75, 3.05) is 26.2 Å². The monoisotopic (exact) mass is 301 g/mol. The summed E-state index contributed by atoms with van der Waals surface area (Å²) in [6, 6.07) is 7.11. The molecular weight excluding hydrogens is 278 g/mol. The van der Waals surface area contributed by atoms with Crippen LogP contribution in [0.15, 0.2) is 24.3 Å². The van der Waals surface area contributed by atoms with Crippen molar-refractivity contribution in [3.63, 3.8) is 0 Å². The Labute approximate surface area is 131 Å². The number of imide groups is 1. The number of nitrogens with zero attached hydrogens (tertiary/aromatic N) is 2. The molecule has 1 aromatic carbocycles. The molecule has 2 aliphatic heterocycles. The third-order valence-corrected chi connectivity index (χ3v) is 4.50. The first-order valence-electron chi connectivity index (χ1n) is 8.15. The third-order valence-electron chi connectivity index (χ3n) is 4.50. The van der Waals surface area contributed by atoms with Gasteiger partial charge in [0.25, 0.3) is 11.8 Å². The van der Waals surface area contributed by atoms with Crippen LogP contribution in [0.3, 0.4) is 0 Å². The van der Waals surface area contributed by atoms with Gasteiger partial charge in [-0.1, -0.05) is 31.9 Å². The largest absolute Gasteiger partial charge is 0.312 e. The number of piperazine rings is 1. The molecule has 0 bridgehead atoms. The van der Waals surface area contributed by atoms with E-state index in [-0.39, 0.29) is 18.0 Å². The number of fused-ring (bicyclic) bond motifs is 1. The van der Waals surface area contributed by atoms with Gasteiger partial charge < -0.3 is 5.32 Å². The van der Waals surface area contributed by atoms with E-state index in [1.54, 1.807) is 12.1 Å². The summed E-state index contributed by atoms with van der Waals surface area (Å²) >= 11 is 0. The van der Waals surface area contributed by atoms with Gasteiger partial charge in [-0.05, 0) is 18.6 Å². The molecule has 1 aromatic rings. The molecule has 1 unspecified atom stereocenters. The molecule has 1 fully saturated rings. The first-order valence-corrected chi connectivity index (χ1v) is 8.15. The van der Waals surface area contributed by atoms with Crippen LogP contribution < -0.4 is 5.32 Å². The molecule has 0 aromatic heterocycles. The van der Waals surface area contributed by atoms with Crippen molar-refractivity contribution in [2.24, 2.45) is 0 Å². The van der Waals surface area contributed by atoms with Gasteiger partial charge in [0.1, 0.15) is 6.17 Å². The van der Waals surface area contributed by atoms with Gasteiger partial charge in [0.15, 0.2) is 0 Å². The SMILES string of the molecule is CCCCCN1CCNCC1N1C(=O)c2ccccc2C1=O. The van der Waals surface area contributed by atoms with Crippen LogP contribution in [0.4, 0.5) is 0 Å². The lowest BCUT2D eigenvalue weighted by Crippen LogP contribution is -2.60. The number of carbonyl (C=O) groups excluding carboxylic acids is 2. The van der Waals surface area contributed by atoms with Gasteiger partial charge in [-0.25, -0.2) is 0 Å². The first-order chi connectivity index (χ1) is 10.7. The zero-order valence-electron chi connectivity index (χ0n) is 13.0. The van der Waals surface area contributed by atoms with E-state index in [2.05, 4.69) is 17.1 Å². The standard InChI is InChI=1S/C17H23N3O2/c1-2-3-6-10-19-11-9-18-12-15(19)20-16(21)13-7-4-5-8-14(13)17(20)22/h4-5,7-8,15,18H,2-3,6,9-12H2,1H3. The summed E-state index contributed by atoms with van der Waals surface area (Å²) in [5, 5.41) is 3.31. The van der Waals surface area contributed by atoms with Gasteiger partial charge in [0.05, 0.1) is 11.1 Å². The van der Waals surface area contributed by atoms with Crippen LogP contribution in [0.2, 0.25) is 0 Å². The van der Waals surface area contributed by atoms with Crippen molar-refractivity contribution < 1.29 is 9.59 Å². The summed E-state index contributed by atoms with van der Waals surface area (Å²) in [7, 11) is 0. The van der Waals surface area contributed by atoms with Crippen LogP contribution in [0.5, 0.6) is 0 Å². The van der Waals surface area contributed by atoms with Crippen LogP contribution in [0, 0.1) is 0 Å². The minimum Gasteiger partial charge on any atom is -0.312 e. The minimum atomic E-state index is -0.169. The molecule has 3 rings (SSSR count). The van der Waals surface area contributed by atoms with E-state index in [9.17, 15) is 9.59 Å². The predicted molar refractivity (Wildman–Crippen MR) is 84.7 cm³/mol. The Morgan fingerprint density at radius 3 is 2.45 bits per heavy atom. The van der Waals surface area contributed by atoms with Crippen molar-refractivity contribution in [2.45, 2.75) is 32.4 Å². The van der Waals surface area contributed by atoms with Crippen molar-refractivity contribution in [3.8, 4) is 0 Å². The van der Waals surface area contributed by atoms with Crippen molar-refractivity contribution in [1.29, 1.82) is 0 Å². The number of rotatable bonds is 5. The molecule has 0 spiro atoms. The molecule has 1 atom stereocenters. The fourth-order valence-electron chi connectivity index (χ4n) is 3.29. The molecule has 2 heterocycles. The molecule has 1 saturated heterocycles. The van der Waals surface area contributed by atoms with Crippen LogP contribution in [0.25, 0.3) is 0 Å². The molecule has 0 radical (unpaired) electrons. The summed E-state index contributed by atoms with van der Waals surface area (Å²) in [6.45, 7) is 5.55. The first kappa shape index (κ1) is 15.2. The minimum absolute atomic E-state index is 0.158. The number of carbonyl (C=O) groups is 2. The fraction of sp³-hybridized carbons (Fsp3) is 0.529. The summed E-state index contributed by atoms with van der Waals surface area (Å²) in [5.74, 6) is -0.315. The summed E-state index contributed by atoms with van der Waals surface area (Å²) in [6.07, 6.45) is 3.29. The van der Waals surface area contributed by atoms with Gasteiger partial charge in [-0.15, -0.1) is 0 Å². The van der Waals surface area contributed by atoms with Crippen LogP contribution in [-0.4, -0.2) is 54.0 Å². The Balaban J connectivity index is 1.80. The third kappa shape index (κ3) is 2.66. The average molecular weight is 301 g/mol. The van der Waals surface area contributed by atoms with Crippen molar-refractivity contribution >= 4 is 11.8 Å². The molecule has 5 nitrogen and oxygen atoms in total. The highest BCUT2D eigenvalue weighted by Crippen LogP contribution is 2.26. The van der Waals surface area contributed by atoms with Crippen molar-refractivity contribution in [3.05, 3.63) is 35.4 Å². The lowest BCUT2D eigenvalue weighted by Gasteiger charge is -2.40. The quantitative estimate of drug-likeness (QED) is 0.664. The number of benzene rings is 1. The normalized spacial score (nSPS) is 22.2. The smallest absolute Gasteiger partial charge is 0.262 e. The molecule has 118 valence electrons. The van der Waals surface area contributed by atoms with E-state index in [1.165, 1.54) is 17.7 Å². The fourth-order valence-corrected chi connectivity index (χ4v) is 3.29. The second kappa shape index (κ2) is 6.58. The van der Waals surface area contributed by atoms with E-state index >= 15 is 0 Å². The maximum Gasteiger partial charge on any atom is 0.262 e. The van der Waals surface area contributed by atoms with Crippen LogP contribution in [-0.2, 0) is 0 Å². The molecule has 0 saturated carbocycles. The zero-order chi connectivity index (χ0) is 15.5. The van der Waals surface area contributed by atoms with E-state index in [0.717, 1.165) is 26.1 Å². The van der Waals surface area contributed by atoms with Gasteiger partial charge in [-0.3, -0.25) is 19.4 Å². The highest BCUT2D eigenvalue weighted by molar-refractivity contribution is 6.21. The lowest BCUT2D eigenvalue weighted by molar-refractivity contribution is 0.0225. The Hall–Kier alpha value is -1.72. The van der Waals surface area contributed by atoms with Gasteiger partial charge in [0.2, 0.25) is 0 Å². The topological polar surface area (TPSA) is 52.6 Å². The van der Waals surface area contributed by atoms with Crippen molar-refractivity contribution in [1.82, 2.24) is 15.1 Å². The molecule has 0 aliphatic carbocycles. The second-order valence-corrected chi connectivity index (χ2v) is 5.95. The Kier molecular flexibility index (Phi) is 4.55. The van der Waals surface area contributed by atoms with E-state index in [4.69, 9.17) is 0 Å². The number of unbranched alkanes of at least 4 members (excludes halogenated alkanes) is 2. The van der Waals surface area contributed by atoms with Gasteiger partial charge in [0, 0.05) is 26.2 Å². The Bertz CT molecular complexity index is 538.